The number of nitrogen functional groups attached to an aromatic ring is 1. The van der Waals surface area contributed by atoms with E-state index in [2.05, 4.69) is 9.84 Å². The van der Waals surface area contributed by atoms with Crippen molar-refractivity contribution in [2.45, 2.75) is 0 Å². The molecular formula is C14H11N3. The fraction of sp³-hybridized carbons (Fsp3) is 0. The maximum absolute atomic E-state index is 6.85. The highest BCUT2D eigenvalue weighted by Crippen LogP contribution is 2.15. The second-order valence-corrected chi connectivity index (χ2v) is 3.55. The third-order valence-electron chi connectivity index (χ3n) is 2.28. The van der Waals surface area contributed by atoms with Crippen LogP contribution < -0.4 is 5.73 Å². The molecule has 17 heavy (non-hydrogen) atoms. The van der Waals surface area contributed by atoms with Crippen molar-refractivity contribution in [1.82, 2.24) is 0 Å². The molecule has 0 aromatic heterocycles. The van der Waals surface area contributed by atoms with Crippen LogP contribution >= 0.6 is 0 Å². The topological polar surface area (TPSA) is 42.7 Å². The molecule has 0 atom stereocenters. The molecule has 0 fully saturated rings. The number of nitrogens with zero attached hydrogens (tertiary/aromatic N) is 2. The number of hydrogen-bond acceptors (Lipinski definition) is 2. The molecule has 0 bridgehead atoms. The largest absolute Gasteiger partial charge is 0.399 e. The van der Waals surface area contributed by atoms with Gasteiger partial charge in [0.05, 0.1) is 12.3 Å². The van der Waals surface area contributed by atoms with Crippen molar-refractivity contribution in [3.63, 3.8) is 0 Å². The second-order valence-electron chi connectivity index (χ2n) is 3.55. The van der Waals surface area contributed by atoms with Gasteiger partial charge in [-0.2, -0.15) is 0 Å². The fourth-order valence-electron chi connectivity index (χ4n) is 1.34. The molecular weight excluding hydrogens is 210 g/mol. The fourth-order valence-corrected chi connectivity index (χ4v) is 1.34. The Morgan fingerprint density at radius 1 is 1.00 bits per heavy atom. The number of anilines is 1. The average molecular weight is 221 g/mol. The van der Waals surface area contributed by atoms with E-state index in [1.807, 2.05) is 36.4 Å². The average Bonchev–Trinajstić information content (AvgIpc) is 2.39. The molecule has 0 heterocycles. The summed E-state index contributed by atoms with van der Waals surface area (Å²) in [6, 6.07) is 14.6. The molecule has 3 nitrogen and oxygen atoms in total. The summed E-state index contributed by atoms with van der Waals surface area (Å²) in [7, 11) is 0. The summed E-state index contributed by atoms with van der Waals surface area (Å²) in [5.41, 5.74) is 8.77. The van der Waals surface area contributed by atoms with Crippen LogP contribution in [0.15, 0.2) is 53.5 Å². The molecule has 0 aliphatic rings. The summed E-state index contributed by atoms with van der Waals surface area (Å²) in [4.78, 5) is 7.65. The van der Waals surface area contributed by atoms with E-state index in [-0.39, 0.29) is 0 Å². The monoisotopic (exact) mass is 221 g/mol. The minimum Gasteiger partial charge on any atom is -0.399 e. The van der Waals surface area contributed by atoms with Crippen LogP contribution in [0, 0.1) is 6.57 Å². The number of nitrogens with two attached hydrogens (primary N) is 1. The summed E-state index contributed by atoms with van der Waals surface area (Å²) in [5.74, 6) is 0. The Bertz CT molecular complexity index is 560. The Morgan fingerprint density at radius 3 is 2.24 bits per heavy atom. The van der Waals surface area contributed by atoms with Crippen molar-refractivity contribution in [3.8, 4) is 0 Å². The molecule has 0 aliphatic carbocycles. The zero-order valence-corrected chi connectivity index (χ0v) is 9.17. The summed E-state index contributed by atoms with van der Waals surface area (Å²) < 4.78 is 0. The van der Waals surface area contributed by atoms with Gasteiger partial charge < -0.3 is 5.73 Å². The third kappa shape index (κ3) is 2.93. The van der Waals surface area contributed by atoms with Gasteiger partial charge in [0, 0.05) is 11.9 Å². The van der Waals surface area contributed by atoms with Crippen LogP contribution in [-0.4, -0.2) is 6.21 Å². The molecule has 2 N–H and O–H groups in total. The molecule has 0 saturated carbocycles. The molecule has 0 saturated heterocycles. The SMILES string of the molecule is [C-]#[N+]c1ccc(C=Nc2ccc(N)cc2)cc1. The molecule has 0 radical (unpaired) electrons. The minimum absolute atomic E-state index is 0.634. The molecule has 82 valence electrons. The van der Waals surface area contributed by atoms with E-state index in [0.717, 1.165) is 16.9 Å². The van der Waals surface area contributed by atoms with Gasteiger partial charge in [-0.3, -0.25) is 4.99 Å². The lowest BCUT2D eigenvalue weighted by Gasteiger charge is -1.95. The van der Waals surface area contributed by atoms with Crippen molar-refractivity contribution in [2.75, 3.05) is 5.73 Å². The Hall–Kier alpha value is -2.60. The molecule has 0 unspecified atom stereocenters. The van der Waals surface area contributed by atoms with Crippen molar-refractivity contribution in [1.29, 1.82) is 0 Å². The van der Waals surface area contributed by atoms with Gasteiger partial charge in [-0.25, -0.2) is 4.85 Å². The molecule has 3 heteroatoms. The first-order valence-corrected chi connectivity index (χ1v) is 5.15. The van der Waals surface area contributed by atoms with E-state index < -0.39 is 0 Å². The lowest BCUT2D eigenvalue weighted by molar-refractivity contribution is 1.52. The molecule has 2 rings (SSSR count). The molecule has 2 aromatic carbocycles. The van der Waals surface area contributed by atoms with E-state index in [1.165, 1.54) is 0 Å². The van der Waals surface area contributed by atoms with Gasteiger partial charge in [0.25, 0.3) is 0 Å². The van der Waals surface area contributed by atoms with Crippen LogP contribution in [0.25, 0.3) is 4.85 Å². The van der Waals surface area contributed by atoms with E-state index >= 15 is 0 Å². The highest BCUT2D eigenvalue weighted by Gasteiger charge is 1.91. The summed E-state index contributed by atoms with van der Waals surface area (Å²) in [6.07, 6.45) is 1.76. The van der Waals surface area contributed by atoms with Gasteiger partial charge >= 0.3 is 0 Å². The van der Waals surface area contributed by atoms with E-state index in [0.29, 0.717) is 5.69 Å². The van der Waals surface area contributed by atoms with Crippen LogP contribution in [0.4, 0.5) is 17.1 Å². The summed E-state index contributed by atoms with van der Waals surface area (Å²) >= 11 is 0. The third-order valence-corrected chi connectivity index (χ3v) is 2.28. The number of aliphatic imine (C=N–C) groups is 1. The van der Waals surface area contributed by atoms with Crippen molar-refractivity contribution in [2.24, 2.45) is 4.99 Å². The van der Waals surface area contributed by atoms with Gasteiger partial charge in [0.2, 0.25) is 0 Å². The smallest absolute Gasteiger partial charge is 0.187 e. The minimum atomic E-state index is 0.634. The molecule has 0 amide bonds. The van der Waals surface area contributed by atoms with Crippen LogP contribution in [0.5, 0.6) is 0 Å². The maximum atomic E-state index is 6.85. The first kappa shape index (κ1) is 10.9. The lowest BCUT2D eigenvalue weighted by Crippen LogP contribution is -1.82. The van der Waals surface area contributed by atoms with Crippen LogP contribution in [0.1, 0.15) is 5.56 Å². The Balaban J connectivity index is 2.14. The number of rotatable bonds is 2. The lowest BCUT2D eigenvalue weighted by atomic mass is 10.2. The zero-order valence-electron chi connectivity index (χ0n) is 9.17. The standard InChI is InChI=1S/C14H11N3/c1-16-13-6-2-11(3-7-13)10-17-14-8-4-12(15)5-9-14/h2-10H,15H2. The van der Waals surface area contributed by atoms with Gasteiger partial charge in [0.1, 0.15) is 0 Å². The van der Waals surface area contributed by atoms with Crippen LogP contribution in [0.2, 0.25) is 0 Å². The Kier molecular flexibility index (Phi) is 3.18. The summed E-state index contributed by atoms with van der Waals surface area (Å²) in [5, 5.41) is 0. The number of hydrogen-bond donors (Lipinski definition) is 1. The Labute approximate surface area is 100 Å². The maximum Gasteiger partial charge on any atom is 0.187 e. The van der Waals surface area contributed by atoms with Crippen LogP contribution in [0.3, 0.4) is 0 Å². The van der Waals surface area contributed by atoms with E-state index in [9.17, 15) is 0 Å². The van der Waals surface area contributed by atoms with Gasteiger partial charge in [-0.15, -0.1) is 0 Å². The predicted octanol–water partition coefficient (Wildman–Crippen LogP) is 3.57. The molecule has 0 spiro atoms. The summed E-state index contributed by atoms with van der Waals surface area (Å²) in [6.45, 7) is 6.85. The van der Waals surface area contributed by atoms with Crippen molar-refractivity contribution < 1.29 is 0 Å². The van der Waals surface area contributed by atoms with Crippen LogP contribution in [-0.2, 0) is 0 Å². The Morgan fingerprint density at radius 2 is 1.65 bits per heavy atom. The van der Waals surface area contributed by atoms with Gasteiger partial charge in [-0.05, 0) is 29.8 Å². The highest BCUT2D eigenvalue weighted by atomic mass is 14.7. The molecule has 2 aromatic rings. The predicted molar refractivity (Wildman–Crippen MR) is 70.8 cm³/mol. The normalized spacial score (nSPS) is 10.3. The first-order chi connectivity index (χ1) is 8.28. The highest BCUT2D eigenvalue weighted by molar-refractivity contribution is 5.82. The second kappa shape index (κ2) is 4.95. The van der Waals surface area contributed by atoms with Gasteiger partial charge in [0.15, 0.2) is 5.69 Å². The molecule has 0 aliphatic heterocycles. The number of benzene rings is 2. The zero-order chi connectivity index (χ0) is 12.1. The quantitative estimate of drug-likeness (QED) is 0.470. The van der Waals surface area contributed by atoms with Crippen molar-refractivity contribution >= 4 is 23.3 Å². The van der Waals surface area contributed by atoms with Gasteiger partial charge in [-0.1, -0.05) is 24.3 Å². The first-order valence-electron chi connectivity index (χ1n) is 5.15. The van der Waals surface area contributed by atoms with E-state index in [4.69, 9.17) is 12.3 Å². The van der Waals surface area contributed by atoms with Crippen molar-refractivity contribution in [3.05, 3.63) is 65.5 Å². The van der Waals surface area contributed by atoms with E-state index in [1.54, 1.807) is 18.3 Å².